The smallest absolute Gasteiger partial charge is 0.0818 e. The number of nitrogens with zero attached hydrogens (tertiary/aromatic N) is 1. The van der Waals surface area contributed by atoms with Crippen molar-refractivity contribution in [2.45, 2.75) is 37.6 Å². The van der Waals surface area contributed by atoms with Crippen LogP contribution in [-0.4, -0.2) is 5.71 Å². The third-order valence-electron chi connectivity index (χ3n) is 13.1. The molecule has 1 heterocycles. The van der Waals surface area contributed by atoms with E-state index in [1.807, 2.05) is 0 Å². The first-order valence-corrected chi connectivity index (χ1v) is 21.2. The van der Waals surface area contributed by atoms with Crippen LogP contribution in [0, 0.1) is 5.92 Å². The highest BCUT2D eigenvalue weighted by molar-refractivity contribution is 6.04. The van der Waals surface area contributed by atoms with Crippen molar-refractivity contribution in [2.75, 3.05) is 0 Å². The van der Waals surface area contributed by atoms with Gasteiger partial charge < -0.3 is 0 Å². The lowest BCUT2D eigenvalue weighted by Crippen LogP contribution is -2.11. The van der Waals surface area contributed by atoms with Crippen molar-refractivity contribution in [3.8, 4) is 55.6 Å². The van der Waals surface area contributed by atoms with Crippen molar-refractivity contribution in [1.82, 2.24) is 0 Å². The van der Waals surface area contributed by atoms with Crippen LogP contribution in [0.15, 0.2) is 211 Å². The third kappa shape index (κ3) is 6.67. The van der Waals surface area contributed by atoms with Crippen LogP contribution >= 0.6 is 0 Å². The highest BCUT2D eigenvalue weighted by Gasteiger charge is 2.45. The molecule has 0 aromatic heterocycles. The Labute approximate surface area is 348 Å². The summed E-state index contributed by atoms with van der Waals surface area (Å²) in [4.78, 5) is 5.70. The van der Waals surface area contributed by atoms with Crippen LogP contribution in [0.25, 0.3) is 61.2 Å². The number of allylic oxidation sites excluding steroid dienone is 1. The van der Waals surface area contributed by atoms with E-state index < -0.39 is 0 Å². The minimum atomic E-state index is -0.00403. The van der Waals surface area contributed by atoms with E-state index >= 15 is 0 Å². The average Bonchev–Trinajstić information content (AvgIpc) is 4.15. The maximum atomic E-state index is 5.70. The molecule has 0 amide bonds. The van der Waals surface area contributed by atoms with Crippen molar-refractivity contribution >= 4 is 11.3 Å². The van der Waals surface area contributed by atoms with Crippen molar-refractivity contribution < 1.29 is 0 Å². The molecule has 0 saturated heterocycles. The lowest BCUT2D eigenvalue weighted by atomic mass is 9.83. The van der Waals surface area contributed by atoms with Gasteiger partial charge >= 0.3 is 0 Å². The molecular formula is C58H45N. The van der Waals surface area contributed by atoms with Crippen LogP contribution in [0.1, 0.15) is 65.5 Å². The zero-order chi connectivity index (χ0) is 39.3. The molecule has 59 heavy (non-hydrogen) atoms. The van der Waals surface area contributed by atoms with Gasteiger partial charge in [-0.15, -0.1) is 0 Å². The van der Waals surface area contributed by atoms with Gasteiger partial charge in [0, 0.05) is 18.1 Å². The van der Waals surface area contributed by atoms with Crippen LogP contribution in [0.5, 0.6) is 0 Å². The summed E-state index contributed by atoms with van der Waals surface area (Å²) in [7, 11) is 0. The van der Waals surface area contributed by atoms with Crippen molar-refractivity contribution in [3.63, 3.8) is 0 Å². The Bertz CT molecular complexity index is 2870. The largest absolute Gasteiger partial charge is 0.280 e. The molecule has 0 N–H and O–H groups in total. The lowest BCUT2D eigenvalue weighted by Gasteiger charge is -2.24. The number of fused-ring (bicyclic) bond motifs is 6. The molecule has 282 valence electrons. The minimum absolute atomic E-state index is 0.00403. The van der Waals surface area contributed by atoms with Crippen molar-refractivity contribution in [3.05, 3.63) is 234 Å². The normalized spacial score (nSPS) is 19.0. The van der Waals surface area contributed by atoms with Gasteiger partial charge in [0.05, 0.1) is 6.04 Å². The number of aliphatic imine (C=N–C) groups is 1. The summed E-state index contributed by atoms with van der Waals surface area (Å²) in [5.74, 6) is 1.39. The molecule has 3 unspecified atom stereocenters. The average molecular weight is 756 g/mol. The molecular weight excluding hydrogens is 711 g/mol. The number of benzene rings is 8. The van der Waals surface area contributed by atoms with Gasteiger partial charge in [-0.25, -0.2) is 0 Å². The molecule has 8 aromatic rings. The first kappa shape index (κ1) is 35.3. The SMILES string of the molecule is C[C@H]1C(c2ccccc2)=CCC(c2ccc3c(c2)C2CC2c2ccc(-c4ccc(-c5ccc(-c6ccccc6)cc5)cc4)cc2-3)=NC1c1cccc(-c2ccccc2)c1. The highest BCUT2D eigenvalue weighted by atomic mass is 14.8. The molecule has 0 bridgehead atoms. The Balaban J connectivity index is 0.919. The molecule has 1 aliphatic heterocycles. The first-order chi connectivity index (χ1) is 29.1. The summed E-state index contributed by atoms with van der Waals surface area (Å²) in [6.07, 6.45) is 4.48. The Morgan fingerprint density at radius 3 is 1.53 bits per heavy atom. The fraction of sp³-hybridized carbons (Fsp3) is 0.121. The van der Waals surface area contributed by atoms with E-state index in [0.29, 0.717) is 11.8 Å². The minimum Gasteiger partial charge on any atom is -0.280 e. The Hall–Kier alpha value is -6.83. The summed E-state index contributed by atoms with van der Waals surface area (Å²) < 4.78 is 0. The van der Waals surface area contributed by atoms with Gasteiger partial charge in [0.2, 0.25) is 0 Å². The van der Waals surface area contributed by atoms with Crippen LogP contribution in [0.3, 0.4) is 0 Å². The van der Waals surface area contributed by atoms with Gasteiger partial charge in [-0.3, -0.25) is 4.99 Å². The molecule has 4 atom stereocenters. The van der Waals surface area contributed by atoms with Gasteiger partial charge in [-0.1, -0.05) is 195 Å². The number of rotatable bonds is 7. The van der Waals surface area contributed by atoms with Crippen molar-refractivity contribution in [1.29, 1.82) is 0 Å². The molecule has 11 rings (SSSR count). The van der Waals surface area contributed by atoms with Crippen LogP contribution in [0.2, 0.25) is 0 Å². The maximum Gasteiger partial charge on any atom is 0.0818 e. The zero-order valence-corrected chi connectivity index (χ0v) is 33.3. The quantitative estimate of drug-likeness (QED) is 0.154. The summed E-state index contributed by atoms with van der Waals surface area (Å²) in [5.41, 5.74) is 22.0. The predicted molar refractivity (Wildman–Crippen MR) is 248 cm³/mol. The van der Waals surface area contributed by atoms with E-state index in [1.165, 1.54) is 101 Å². The first-order valence-electron chi connectivity index (χ1n) is 21.2. The predicted octanol–water partition coefficient (Wildman–Crippen LogP) is 15.3. The molecule has 0 radical (unpaired) electrons. The second-order valence-corrected chi connectivity index (χ2v) is 16.6. The lowest BCUT2D eigenvalue weighted by molar-refractivity contribution is 0.587. The molecule has 3 aliphatic rings. The van der Waals surface area contributed by atoms with E-state index in [2.05, 4.69) is 213 Å². The number of hydrogen-bond donors (Lipinski definition) is 0. The Morgan fingerprint density at radius 1 is 0.390 bits per heavy atom. The molecule has 0 spiro atoms. The van der Waals surface area contributed by atoms with Crippen LogP contribution in [-0.2, 0) is 0 Å². The van der Waals surface area contributed by atoms with Crippen LogP contribution < -0.4 is 0 Å². The summed E-state index contributed by atoms with van der Waals surface area (Å²) in [6, 6.07) is 73.7. The second-order valence-electron chi connectivity index (χ2n) is 16.6. The summed E-state index contributed by atoms with van der Waals surface area (Å²) >= 11 is 0. The molecule has 2 aliphatic carbocycles. The molecule has 1 nitrogen and oxygen atoms in total. The Kier molecular flexibility index (Phi) is 8.89. The van der Waals surface area contributed by atoms with E-state index in [4.69, 9.17) is 4.99 Å². The van der Waals surface area contributed by atoms with Gasteiger partial charge in [0.1, 0.15) is 0 Å². The summed E-state index contributed by atoms with van der Waals surface area (Å²) in [6.45, 7) is 2.36. The molecule has 8 aromatic carbocycles. The zero-order valence-electron chi connectivity index (χ0n) is 33.3. The van der Waals surface area contributed by atoms with E-state index in [1.54, 1.807) is 0 Å². The van der Waals surface area contributed by atoms with Gasteiger partial charge in [-0.05, 0) is 125 Å². The number of hydrogen-bond acceptors (Lipinski definition) is 1. The standard InChI is InChI=1S/C58H45N/c1-38-50(45-16-9-4-10-17-45)32-33-57(59-58(38)49-19-11-18-46(34-49)40-14-7-3-8-15-40)48-29-31-51-53-35-47(28-30-52(53)55-37-56(55)54(51)36-48)44-26-24-43(25-27-44)42-22-20-41(21-23-42)39-12-5-2-6-13-39/h2-32,34-36,38,55-56,58H,33,37H2,1H3/t38-,55?,56?,58?/m0/s1. The third-order valence-corrected chi connectivity index (χ3v) is 13.1. The fourth-order valence-electron chi connectivity index (χ4n) is 9.80. The van der Waals surface area contributed by atoms with Crippen LogP contribution in [0.4, 0.5) is 0 Å². The van der Waals surface area contributed by atoms with E-state index in [9.17, 15) is 0 Å². The van der Waals surface area contributed by atoms with Gasteiger partial charge in [0.15, 0.2) is 0 Å². The van der Waals surface area contributed by atoms with E-state index in [0.717, 1.165) is 6.42 Å². The maximum absolute atomic E-state index is 5.70. The monoisotopic (exact) mass is 755 g/mol. The molecule has 1 heteroatoms. The van der Waals surface area contributed by atoms with Crippen molar-refractivity contribution in [2.24, 2.45) is 10.9 Å². The van der Waals surface area contributed by atoms with Gasteiger partial charge in [-0.2, -0.15) is 0 Å². The van der Waals surface area contributed by atoms with Gasteiger partial charge in [0.25, 0.3) is 0 Å². The second kappa shape index (κ2) is 14.8. The Morgan fingerprint density at radius 2 is 0.881 bits per heavy atom. The molecule has 1 fully saturated rings. The van der Waals surface area contributed by atoms with E-state index in [-0.39, 0.29) is 12.0 Å². The molecule has 1 saturated carbocycles. The summed E-state index contributed by atoms with van der Waals surface area (Å²) in [5, 5.41) is 0. The topological polar surface area (TPSA) is 12.4 Å². The highest BCUT2D eigenvalue weighted by Crippen LogP contribution is 2.62. The fourth-order valence-corrected chi connectivity index (χ4v) is 9.80.